The summed E-state index contributed by atoms with van der Waals surface area (Å²) in [6.45, 7) is 3.55. The number of carbonyl (C=O) groups is 4. The summed E-state index contributed by atoms with van der Waals surface area (Å²) in [4.78, 5) is 56.0. The minimum absolute atomic E-state index is 0. The second kappa shape index (κ2) is 18.1. The fourth-order valence-electron chi connectivity index (χ4n) is 8.72. The lowest BCUT2D eigenvalue weighted by atomic mass is 9.82. The number of halogens is 7. The number of anilines is 2. The Hall–Kier alpha value is -4.31. The highest BCUT2D eigenvalue weighted by molar-refractivity contribution is 7.80. The number of hydrogen-bond donors (Lipinski definition) is 2. The average molecular weight is 870 g/mol. The van der Waals surface area contributed by atoms with Gasteiger partial charge < -0.3 is 15.1 Å². The molecule has 2 atom stereocenters. The summed E-state index contributed by atoms with van der Waals surface area (Å²) in [5, 5.41) is 14.3. The molecule has 320 valence electrons. The molecule has 1 unspecified atom stereocenters. The highest BCUT2D eigenvalue weighted by atomic mass is 35.5. The van der Waals surface area contributed by atoms with E-state index in [-0.39, 0.29) is 54.7 Å². The Balaban J connectivity index is 0.00000661. The molecule has 6 rings (SSSR count). The smallest absolute Gasteiger partial charge is 0.331 e. The number of rotatable bonds is 10. The van der Waals surface area contributed by atoms with Gasteiger partial charge in [-0.3, -0.25) is 34.3 Å². The van der Waals surface area contributed by atoms with Crippen molar-refractivity contribution in [3.63, 3.8) is 0 Å². The predicted octanol–water partition coefficient (Wildman–Crippen LogP) is 6.76. The molecule has 0 spiro atoms. The summed E-state index contributed by atoms with van der Waals surface area (Å²) >= 11 is 5.70. The Morgan fingerprint density at radius 2 is 1.66 bits per heavy atom. The molecule has 4 amide bonds. The molecule has 59 heavy (non-hydrogen) atoms. The van der Waals surface area contributed by atoms with Crippen LogP contribution in [-0.2, 0) is 25.4 Å². The number of benzene rings is 2. The molecule has 3 saturated heterocycles. The van der Waals surface area contributed by atoms with Crippen molar-refractivity contribution in [2.75, 3.05) is 42.9 Å². The fraction of sp³-hybridized carbons (Fsp3) is 0.550. The first kappa shape index (κ1) is 45.8. The molecule has 0 aromatic heterocycles. The summed E-state index contributed by atoms with van der Waals surface area (Å²) in [5.41, 5.74) is -1.83. The summed E-state index contributed by atoms with van der Waals surface area (Å²) in [5.74, 6) is -1.97. The van der Waals surface area contributed by atoms with Crippen molar-refractivity contribution in [2.24, 2.45) is 5.92 Å². The molecule has 2 aromatic rings. The van der Waals surface area contributed by atoms with Gasteiger partial charge in [0, 0.05) is 37.8 Å². The molecule has 4 fully saturated rings. The van der Waals surface area contributed by atoms with E-state index in [0.29, 0.717) is 55.9 Å². The van der Waals surface area contributed by atoms with Crippen molar-refractivity contribution < 1.29 is 45.5 Å². The van der Waals surface area contributed by atoms with Crippen LogP contribution in [0.4, 0.5) is 37.7 Å². The van der Waals surface area contributed by atoms with E-state index in [1.54, 1.807) is 49.1 Å². The largest absolute Gasteiger partial charge is 0.417 e. The Bertz CT molecular complexity index is 1970. The lowest BCUT2D eigenvalue weighted by Gasteiger charge is -2.42. The SMILES string of the molecule is CC1(C)C(=O)N(c2ccc(C#N)c(C(F)(F)F)c2)C(=S)N1C1CCC(CCCN2CCN(CC(=O)Nc3ccc(C4CCC(=O)NC4=O)cc3)[C@@H](C(F)(F)F)C2)CC1.Cl. The van der Waals surface area contributed by atoms with E-state index >= 15 is 0 Å². The number of nitrogens with one attached hydrogen (secondary N) is 2. The molecular formula is C40H46ClF6N7O4S. The third-order valence-electron chi connectivity index (χ3n) is 11.8. The van der Waals surface area contributed by atoms with Crippen molar-refractivity contribution in [1.29, 1.82) is 5.26 Å². The van der Waals surface area contributed by atoms with Crippen LogP contribution in [0.15, 0.2) is 42.5 Å². The van der Waals surface area contributed by atoms with Crippen molar-refractivity contribution in [2.45, 2.75) is 101 Å². The normalized spacial score (nSPS) is 24.4. The topological polar surface area (TPSA) is 129 Å². The number of carbonyl (C=O) groups excluding carboxylic acids is 4. The molecule has 1 saturated carbocycles. The molecule has 0 radical (unpaired) electrons. The van der Waals surface area contributed by atoms with Gasteiger partial charge >= 0.3 is 12.4 Å². The number of alkyl halides is 6. The van der Waals surface area contributed by atoms with Crippen molar-refractivity contribution >= 4 is 64.7 Å². The van der Waals surface area contributed by atoms with Gasteiger partial charge in [0.1, 0.15) is 11.6 Å². The van der Waals surface area contributed by atoms with Gasteiger partial charge in [0.05, 0.1) is 35.3 Å². The second-order valence-electron chi connectivity index (χ2n) is 16.0. The standard InChI is InChI=1S/C40H45F6N7O4S.ClH/c1-38(2)36(57)52(29-14-9-26(21-47)31(20-29)39(41,42)43)37(58)53(38)28-12-5-24(6-13-28)4-3-17-50-18-19-51(32(22-50)40(44,45)46)23-34(55)48-27-10-7-25(8-11-27)30-15-16-33(54)49-35(30)56;/h7-11,14,20,24,28,30,32H,3-6,12-13,15-19,22-23H2,1-2H3,(H,48,55)(H,49,54,56);1H/t24?,28?,30?,32-;/m1./s1. The van der Waals surface area contributed by atoms with E-state index in [1.165, 1.54) is 6.07 Å². The molecule has 1 aliphatic carbocycles. The third-order valence-corrected chi connectivity index (χ3v) is 12.2. The number of thiocarbonyl (C=S) groups is 1. The van der Waals surface area contributed by atoms with Crippen LogP contribution in [0.3, 0.4) is 0 Å². The van der Waals surface area contributed by atoms with E-state index in [2.05, 4.69) is 10.6 Å². The first-order valence-electron chi connectivity index (χ1n) is 19.3. The van der Waals surface area contributed by atoms with E-state index in [0.717, 1.165) is 41.2 Å². The zero-order chi connectivity index (χ0) is 42.2. The van der Waals surface area contributed by atoms with Gasteiger partial charge in [-0.25, -0.2) is 0 Å². The predicted molar refractivity (Wildman–Crippen MR) is 212 cm³/mol. The molecule has 2 aromatic carbocycles. The maximum atomic E-state index is 14.3. The quantitative estimate of drug-likeness (QED) is 0.151. The van der Waals surface area contributed by atoms with E-state index < -0.39 is 65.2 Å². The first-order chi connectivity index (χ1) is 27.3. The highest BCUT2D eigenvalue weighted by Gasteiger charge is 2.53. The number of piperazine rings is 1. The Morgan fingerprint density at radius 3 is 2.27 bits per heavy atom. The lowest BCUT2D eigenvalue weighted by Crippen LogP contribution is -2.60. The first-order valence-corrected chi connectivity index (χ1v) is 19.7. The molecule has 4 aliphatic rings. The maximum Gasteiger partial charge on any atom is 0.417 e. The zero-order valence-electron chi connectivity index (χ0n) is 32.5. The number of hydrogen-bond acceptors (Lipinski definition) is 8. The molecule has 0 bridgehead atoms. The van der Waals surface area contributed by atoms with E-state index in [9.17, 15) is 50.8 Å². The van der Waals surface area contributed by atoms with Gasteiger partial charge in [0.2, 0.25) is 17.7 Å². The van der Waals surface area contributed by atoms with E-state index in [4.69, 9.17) is 12.2 Å². The van der Waals surface area contributed by atoms with Crippen LogP contribution in [-0.4, -0.2) is 100.0 Å². The summed E-state index contributed by atoms with van der Waals surface area (Å²) in [6.07, 6.45) is -4.37. The lowest BCUT2D eigenvalue weighted by molar-refractivity contribution is -0.197. The van der Waals surface area contributed by atoms with Gasteiger partial charge in [-0.1, -0.05) is 12.1 Å². The highest BCUT2D eigenvalue weighted by Crippen LogP contribution is 2.42. The van der Waals surface area contributed by atoms with Gasteiger partial charge in [-0.2, -0.15) is 31.6 Å². The summed E-state index contributed by atoms with van der Waals surface area (Å²) in [7, 11) is 0. The number of amides is 4. The molecule has 3 aliphatic heterocycles. The monoisotopic (exact) mass is 869 g/mol. The second-order valence-corrected chi connectivity index (χ2v) is 16.4. The molecular weight excluding hydrogens is 824 g/mol. The Kier molecular flexibility index (Phi) is 14.1. The van der Waals surface area contributed by atoms with Crippen LogP contribution in [0, 0.1) is 17.2 Å². The van der Waals surface area contributed by atoms with E-state index in [1.807, 2.05) is 4.90 Å². The molecule has 19 heteroatoms. The van der Waals surface area contributed by atoms with Crippen molar-refractivity contribution in [1.82, 2.24) is 20.0 Å². The molecule has 11 nitrogen and oxygen atoms in total. The van der Waals surface area contributed by atoms with Crippen LogP contribution in [0.25, 0.3) is 0 Å². The molecule has 3 heterocycles. The molecule has 2 N–H and O–H groups in total. The number of nitrogens with zero attached hydrogens (tertiary/aromatic N) is 5. The minimum atomic E-state index is -4.80. The minimum Gasteiger partial charge on any atom is -0.331 e. The van der Waals surface area contributed by atoms with Gasteiger partial charge in [-0.05, 0) is 119 Å². The maximum absolute atomic E-state index is 14.3. The van der Waals surface area contributed by atoms with Gasteiger partial charge in [0.15, 0.2) is 5.11 Å². The van der Waals surface area contributed by atoms with Gasteiger partial charge in [0.25, 0.3) is 5.91 Å². The third kappa shape index (κ3) is 10.2. The van der Waals surface area contributed by atoms with Crippen LogP contribution in [0.1, 0.15) is 87.8 Å². The van der Waals surface area contributed by atoms with Crippen molar-refractivity contribution in [3.05, 3.63) is 59.2 Å². The van der Waals surface area contributed by atoms with Crippen LogP contribution >= 0.6 is 24.6 Å². The number of nitriles is 1. The Morgan fingerprint density at radius 1 is 0.983 bits per heavy atom. The Labute approximate surface area is 349 Å². The van der Waals surface area contributed by atoms with Gasteiger partial charge in [-0.15, -0.1) is 12.4 Å². The van der Waals surface area contributed by atoms with Crippen LogP contribution in [0.2, 0.25) is 0 Å². The number of piperidine rings is 1. The number of imide groups is 1. The van der Waals surface area contributed by atoms with Crippen molar-refractivity contribution in [3.8, 4) is 6.07 Å². The summed E-state index contributed by atoms with van der Waals surface area (Å²) in [6, 6.07) is 9.16. The van der Waals surface area contributed by atoms with Crippen LogP contribution in [0.5, 0.6) is 0 Å². The van der Waals surface area contributed by atoms with Crippen LogP contribution < -0.4 is 15.5 Å². The fourth-order valence-corrected chi connectivity index (χ4v) is 9.29. The zero-order valence-corrected chi connectivity index (χ0v) is 34.1. The summed E-state index contributed by atoms with van der Waals surface area (Å²) < 4.78 is 84.0. The average Bonchev–Trinajstić information content (AvgIpc) is 3.33.